The number of carbonyl (C=O) groups excluding carboxylic acids is 2. The highest BCUT2D eigenvalue weighted by atomic mass is 16.5. The smallest absolute Gasteiger partial charge is 0.245 e. The first-order chi connectivity index (χ1) is 14.3. The van der Waals surface area contributed by atoms with E-state index in [1.165, 1.54) is 6.42 Å². The van der Waals surface area contributed by atoms with E-state index in [1.54, 1.807) is 12.0 Å². The van der Waals surface area contributed by atoms with Crippen molar-refractivity contribution in [2.45, 2.75) is 77.9 Å². The summed E-state index contributed by atoms with van der Waals surface area (Å²) in [5.41, 5.74) is 0.0905. The third kappa shape index (κ3) is 4.42. The predicted octanol–water partition coefficient (Wildman–Crippen LogP) is 3.92. The van der Waals surface area contributed by atoms with Crippen molar-refractivity contribution in [3.05, 3.63) is 23.8 Å². The van der Waals surface area contributed by atoms with Gasteiger partial charge in [0.15, 0.2) is 11.5 Å². The van der Waals surface area contributed by atoms with Gasteiger partial charge in [-0.1, -0.05) is 32.8 Å². The average molecular weight is 417 g/mol. The number of nitrogens with one attached hydrogen (secondary N) is 1. The Morgan fingerprint density at radius 2 is 2.03 bits per heavy atom. The van der Waals surface area contributed by atoms with Crippen LogP contribution in [-0.4, -0.2) is 42.0 Å². The van der Waals surface area contributed by atoms with E-state index in [2.05, 4.69) is 19.2 Å². The van der Waals surface area contributed by atoms with Gasteiger partial charge in [0.1, 0.15) is 5.54 Å². The summed E-state index contributed by atoms with van der Waals surface area (Å²) in [7, 11) is 1.60. The molecule has 2 fully saturated rings. The Morgan fingerprint density at radius 3 is 2.73 bits per heavy atom. The number of nitrogens with zero attached hydrogens (tertiary/aromatic N) is 1. The molecule has 1 aromatic rings. The minimum Gasteiger partial charge on any atom is -0.493 e. The van der Waals surface area contributed by atoms with Crippen molar-refractivity contribution < 1.29 is 19.1 Å². The normalized spacial score (nSPS) is 29.0. The zero-order valence-electron chi connectivity index (χ0n) is 19.0. The molecule has 2 amide bonds. The summed E-state index contributed by atoms with van der Waals surface area (Å²) in [4.78, 5) is 27.8. The number of benzene rings is 1. The molecular formula is C24H36N2O4. The Bertz CT molecular complexity index is 780. The van der Waals surface area contributed by atoms with Crippen LogP contribution in [0.25, 0.3) is 0 Å². The number of likely N-dealkylation sites (tertiary alicyclic amines) is 1. The first-order valence-corrected chi connectivity index (χ1v) is 11.2. The Kier molecular flexibility index (Phi) is 6.94. The van der Waals surface area contributed by atoms with Crippen LogP contribution in [0.15, 0.2) is 18.2 Å². The van der Waals surface area contributed by atoms with E-state index in [1.807, 2.05) is 32.0 Å². The van der Waals surface area contributed by atoms with E-state index in [-0.39, 0.29) is 17.9 Å². The summed E-state index contributed by atoms with van der Waals surface area (Å²) in [5, 5.41) is 3.29. The van der Waals surface area contributed by atoms with E-state index >= 15 is 0 Å². The summed E-state index contributed by atoms with van der Waals surface area (Å²) in [6.07, 6.45) is 4.31. The molecule has 1 N–H and O–H groups in total. The molecule has 2 aliphatic rings. The molecule has 0 aromatic heterocycles. The predicted molar refractivity (Wildman–Crippen MR) is 116 cm³/mol. The monoisotopic (exact) mass is 416 g/mol. The zero-order valence-corrected chi connectivity index (χ0v) is 19.0. The van der Waals surface area contributed by atoms with Crippen LogP contribution in [-0.2, 0) is 16.1 Å². The quantitative estimate of drug-likeness (QED) is 0.732. The molecule has 30 heavy (non-hydrogen) atoms. The number of hydrogen-bond acceptors (Lipinski definition) is 4. The van der Waals surface area contributed by atoms with Gasteiger partial charge in [0.2, 0.25) is 11.8 Å². The van der Waals surface area contributed by atoms with Crippen LogP contribution in [0.5, 0.6) is 11.5 Å². The molecule has 0 unspecified atom stereocenters. The fourth-order valence-corrected chi connectivity index (χ4v) is 4.77. The van der Waals surface area contributed by atoms with Crippen LogP contribution in [0.3, 0.4) is 0 Å². The van der Waals surface area contributed by atoms with E-state index in [0.717, 1.165) is 18.4 Å². The highest BCUT2D eigenvalue weighted by Crippen LogP contribution is 2.36. The highest BCUT2D eigenvalue weighted by Gasteiger charge is 2.48. The van der Waals surface area contributed by atoms with Crippen LogP contribution in [0, 0.1) is 11.8 Å². The maximum atomic E-state index is 13.3. The van der Waals surface area contributed by atoms with Gasteiger partial charge >= 0.3 is 0 Å². The fraction of sp³-hybridized carbons (Fsp3) is 0.667. The molecule has 166 valence electrons. The molecule has 1 saturated heterocycles. The van der Waals surface area contributed by atoms with E-state index in [0.29, 0.717) is 49.3 Å². The van der Waals surface area contributed by atoms with Crippen LogP contribution < -0.4 is 14.8 Å². The number of rotatable bonds is 7. The molecule has 3 rings (SSSR count). The second-order valence-corrected chi connectivity index (χ2v) is 9.02. The SMILES string of the molecule is CCOc1ccc(CN2C(=O)CC[C@]2(C)C(=O)N[C@@H]2CCC[C@H](C)[C@H]2C)cc1OC. The lowest BCUT2D eigenvalue weighted by Crippen LogP contribution is -2.57. The largest absolute Gasteiger partial charge is 0.493 e. The lowest BCUT2D eigenvalue weighted by molar-refractivity contribution is -0.142. The topological polar surface area (TPSA) is 67.9 Å². The Hall–Kier alpha value is -2.24. The van der Waals surface area contributed by atoms with Gasteiger partial charge in [-0.05, 0) is 56.2 Å². The molecule has 1 aliphatic carbocycles. The van der Waals surface area contributed by atoms with Gasteiger partial charge < -0.3 is 19.7 Å². The zero-order chi connectivity index (χ0) is 21.9. The summed E-state index contributed by atoms with van der Waals surface area (Å²) in [5.74, 6) is 2.36. The molecule has 1 saturated carbocycles. The Labute approximate surface area is 180 Å². The molecule has 4 atom stereocenters. The second-order valence-electron chi connectivity index (χ2n) is 9.02. The summed E-state index contributed by atoms with van der Waals surface area (Å²) >= 11 is 0. The minimum atomic E-state index is -0.830. The van der Waals surface area contributed by atoms with Gasteiger partial charge in [0.05, 0.1) is 13.7 Å². The molecule has 1 aliphatic heterocycles. The molecule has 1 heterocycles. The minimum absolute atomic E-state index is 0.0190. The molecule has 0 bridgehead atoms. The molecular weight excluding hydrogens is 380 g/mol. The van der Waals surface area contributed by atoms with Crippen molar-refractivity contribution in [3.63, 3.8) is 0 Å². The lowest BCUT2D eigenvalue weighted by Gasteiger charge is -2.39. The van der Waals surface area contributed by atoms with Crippen LogP contribution in [0.1, 0.15) is 65.4 Å². The Balaban J connectivity index is 1.76. The van der Waals surface area contributed by atoms with Crippen molar-refractivity contribution >= 4 is 11.8 Å². The van der Waals surface area contributed by atoms with Crippen LogP contribution >= 0.6 is 0 Å². The Morgan fingerprint density at radius 1 is 1.27 bits per heavy atom. The van der Waals surface area contributed by atoms with Gasteiger partial charge in [-0.25, -0.2) is 0 Å². The molecule has 0 spiro atoms. The fourth-order valence-electron chi connectivity index (χ4n) is 4.77. The molecule has 1 aromatic carbocycles. The van der Waals surface area contributed by atoms with Crippen molar-refractivity contribution in [2.75, 3.05) is 13.7 Å². The number of amides is 2. The highest BCUT2D eigenvalue weighted by molar-refractivity contribution is 5.94. The van der Waals surface area contributed by atoms with Crippen LogP contribution in [0.2, 0.25) is 0 Å². The average Bonchev–Trinajstić information content (AvgIpc) is 3.02. The maximum Gasteiger partial charge on any atom is 0.245 e. The summed E-state index contributed by atoms with van der Waals surface area (Å²) < 4.78 is 11.0. The molecule has 6 nitrogen and oxygen atoms in total. The van der Waals surface area contributed by atoms with Gasteiger partial charge in [-0.3, -0.25) is 9.59 Å². The standard InChI is InChI=1S/C24H36N2O4/c1-6-30-20-11-10-18(14-21(20)29-5)15-26-22(27)12-13-24(26,4)23(28)25-19-9-7-8-16(2)17(19)3/h10-11,14,16-17,19H,6-9,12-13,15H2,1-5H3,(H,25,28)/t16-,17+,19+,24+/m0/s1. The van der Waals surface area contributed by atoms with Crippen molar-refractivity contribution in [3.8, 4) is 11.5 Å². The molecule has 0 radical (unpaired) electrons. The van der Waals surface area contributed by atoms with Gasteiger partial charge in [-0.15, -0.1) is 0 Å². The van der Waals surface area contributed by atoms with Gasteiger partial charge in [0.25, 0.3) is 0 Å². The summed E-state index contributed by atoms with van der Waals surface area (Å²) in [6, 6.07) is 5.87. The third-order valence-corrected chi connectivity index (χ3v) is 7.10. The van der Waals surface area contributed by atoms with E-state index < -0.39 is 5.54 Å². The van der Waals surface area contributed by atoms with E-state index in [9.17, 15) is 9.59 Å². The number of hydrogen-bond donors (Lipinski definition) is 1. The first-order valence-electron chi connectivity index (χ1n) is 11.2. The van der Waals surface area contributed by atoms with E-state index in [4.69, 9.17) is 9.47 Å². The third-order valence-electron chi connectivity index (χ3n) is 7.10. The van der Waals surface area contributed by atoms with Crippen LogP contribution in [0.4, 0.5) is 0 Å². The van der Waals surface area contributed by atoms with Gasteiger partial charge in [-0.2, -0.15) is 0 Å². The number of methoxy groups -OCH3 is 1. The number of carbonyl (C=O) groups is 2. The first kappa shape index (κ1) is 22.4. The van der Waals surface area contributed by atoms with Crippen molar-refractivity contribution in [2.24, 2.45) is 11.8 Å². The lowest BCUT2D eigenvalue weighted by atomic mass is 9.77. The van der Waals surface area contributed by atoms with Crippen molar-refractivity contribution in [1.29, 1.82) is 0 Å². The summed E-state index contributed by atoms with van der Waals surface area (Å²) in [6.45, 7) is 9.24. The maximum absolute atomic E-state index is 13.3. The number of ether oxygens (including phenoxy) is 2. The van der Waals surface area contributed by atoms with Gasteiger partial charge in [0, 0.05) is 19.0 Å². The van der Waals surface area contributed by atoms with Crippen molar-refractivity contribution in [1.82, 2.24) is 10.2 Å². The second kappa shape index (κ2) is 9.27. The molecule has 6 heteroatoms.